The van der Waals surface area contributed by atoms with Crippen LogP contribution < -0.4 is 10.9 Å². The van der Waals surface area contributed by atoms with E-state index in [4.69, 9.17) is 4.98 Å². The van der Waals surface area contributed by atoms with E-state index >= 15 is 0 Å². The van der Waals surface area contributed by atoms with Crippen molar-refractivity contribution in [1.29, 1.82) is 0 Å². The van der Waals surface area contributed by atoms with E-state index in [1.165, 1.54) is 16.4 Å². The van der Waals surface area contributed by atoms with Gasteiger partial charge in [0, 0.05) is 18.3 Å². The van der Waals surface area contributed by atoms with E-state index in [0.29, 0.717) is 23.1 Å². The summed E-state index contributed by atoms with van der Waals surface area (Å²) in [5.74, 6) is 1.13. The van der Waals surface area contributed by atoms with Crippen LogP contribution >= 0.6 is 11.8 Å². The van der Waals surface area contributed by atoms with Crippen LogP contribution in [0.2, 0.25) is 0 Å². The van der Waals surface area contributed by atoms with E-state index in [9.17, 15) is 9.59 Å². The highest BCUT2D eigenvalue weighted by molar-refractivity contribution is 7.99. The average molecular weight is 440 g/mol. The predicted molar refractivity (Wildman–Crippen MR) is 123 cm³/mol. The molecule has 1 atom stereocenters. The Morgan fingerprint density at radius 2 is 1.94 bits per heavy atom. The number of aromatic nitrogens is 4. The summed E-state index contributed by atoms with van der Waals surface area (Å²) >= 11 is 1.42. The number of benzene rings is 1. The molecule has 0 saturated heterocycles. The predicted octanol–water partition coefficient (Wildman–Crippen LogP) is 3.51. The van der Waals surface area contributed by atoms with Gasteiger partial charge in [0.05, 0.1) is 11.4 Å². The number of nitrogens with one attached hydrogen (secondary N) is 1. The van der Waals surface area contributed by atoms with E-state index in [1.54, 1.807) is 0 Å². The second-order valence-electron chi connectivity index (χ2n) is 8.44. The lowest BCUT2D eigenvalue weighted by Gasteiger charge is -2.19. The molecule has 3 aliphatic heterocycles. The minimum atomic E-state index is -0.126. The van der Waals surface area contributed by atoms with Crippen LogP contribution in [0.1, 0.15) is 45.7 Å². The van der Waals surface area contributed by atoms with Crippen LogP contribution in [-0.2, 0) is 17.8 Å². The van der Waals surface area contributed by atoms with Gasteiger partial charge in [0.2, 0.25) is 5.91 Å². The molecule has 3 heterocycles. The van der Waals surface area contributed by atoms with E-state index < -0.39 is 0 Å². The number of amides is 1. The molecule has 3 aliphatic rings. The Hall–Kier alpha value is -2.61. The first-order chi connectivity index (χ1) is 15.0. The van der Waals surface area contributed by atoms with Crippen LogP contribution in [0, 0.1) is 5.92 Å². The summed E-state index contributed by atoms with van der Waals surface area (Å²) < 4.78 is 3.58. The van der Waals surface area contributed by atoms with Gasteiger partial charge in [-0.25, -0.2) is 4.98 Å². The molecule has 31 heavy (non-hydrogen) atoms. The fourth-order valence-electron chi connectivity index (χ4n) is 3.80. The lowest BCUT2D eigenvalue weighted by atomic mass is 10.1. The first-order valence-electron chi connectivity index (χ1n) is 11.0. The molecule has 0 saturated carbocycles. The first-order valence-corrected chi connectivity index (χ1v) is 11.9. The van der Waals surface area contributed by atoms with E-state index in [2.05, 4.69) is 28.8 Å². The van der Waals surface area contributed by atoms with Crippen molar-refractivity contribution in [1.82, 2.24) is 24.6 Å². The third-order valence-corrected chi connectivity index (χ3v) is 6.86. The van der Waals surface area contributed by atoms with Crippen molar-refractivity contribution in [2.75, 3.05) is 5.75 Å². The molecule has 0 unspecified atom stereocenters. The maximum atomic E-state index is 13.3. The zero-order valence-electron chi connectivity index (χ0n) is 18.3. The highest BCUT2D eigenvalue weighted by atomic mass is 32.2. The highest BCUT2D eigenvalue weighted by Crippen LogP contribution is 2.30. The van der Waals surface area contributed by atoms with Gasteiger partial charge >= 0.3 is 0 Å². The van der Waals surface area contributed by atoms with Gasteiger partial charge in [-0.1, -0.05) is 50.2 Å². The number of para-hydroxylation sites is 1. The molecule has 0 spiro atoms. The molecule has 0 fully saturated rings. The van der Waals surface area contributed by atoms with Crippen molar-refractivity contribution in [3.05, 3.63) is 46.4 Å². The third-order valence-electron chi connectivity index (χ3n) is 5.89. The van der Waals surface area contributed by atoms with Gasteiger partial charge in [0.25, 0.3) is 5.56 Å². The molecular formula is C23H29N5O2S. The van der Waals surface area contributed by atoms with Crippen molar-refractivity contribution in [2.24, 2.45) is 5.92 Å². The summed E-state index contributed by atoms with van der Waals surface area (Å²) in [7, 11) is 0. The van der Waals surface area contributed by atoms with Crippen LogP contribution in [-0.4, -0.2) is 37.0 Å². The maximum Gasteiger partial charge on any atom is 0.284 e. The average Bonchev–Trinajstić information content (AvgIpc) is 2.92. The van der Waals surface area contributed by atoms with Crippen LogP contribution in [0.3, 0.4) is 0 Å². The molecule has 1 amide bonds. The van der Waals surface area contributed by atoms with E-state index in [1.807, 2.05) is 37.3 Å². The Morgan fingerprint density at radius 1 is 1.16 bits per heavy atom. The Kier molecular flexibility index (Phi) is 6.46. The van der Waals surface area contributed by atoms with Gasteiger partial charge in [-0.2, -0.15) is 4.68 Å². The summed E-state index contributed by atoms with van der Waals surface area (Å²) in [6.07, 6.45) is 4.00. The summed E-state index contributed by atoms with van der Waals surface area (Å²) in [5, 5.41) is 8.35. The van der Waals surface area contributed by atoms with Gasteiger partial charge in [0.15, 0.2) is 11.0 Å². The van der Waals surface area contributed by atoms with Gasteiger partial charge in [-0.05, 0) is 44.2 Å². The minimum Gasteiger partial charge on any atom is -0.353 e. The fraction of sp³-hybridized carbons (Fsp3) is 0.478. The number of thioether (sulfide) groups is 1. The first kappa shape index (κ1) is 21.6. The second kappa shape index (κ2) is 9.26. The molecule has 0 aromatic heterocycles. The second-order valence-corrected chi connectivity index (χ2v) is 9.39. The molecule has 7 nitrogen and oxygen atoms in total. The Bertz CT molecular complexity index is 1090. The molecule has 1 aromatic rings. The van der Waals surface area contributed by atoms with Gasteiger partial charge < -0.3 is 9.88 Å². The maximum absolute atomic E-state index is 13.3. The summed E-state index contributed by atoms with van der Waals surface area (Å²) in [6, 6.07) is 9.56. The van der Waals surface area contributed by atoms with Crippen molar-refractivity contribution in [3.63, 3.8) is 0 Å². The van der Waals surface area contributed by atoms with Crippen LogP contribution in [0.5, 0.6) is 0 Å². The fourth-order valence-corrected chi connectivity index (χ4v) is 4.65. The number of hydrogen-bond donors (Lipinski definition) is 1. The Labute approximate surface area is 186 Å². The molecule has 0 radical (unpaired) electrons. The normalized spacial score (nSPS) is 15.0. The largest absolute Gasteiger partial charge is 0.353 e. The molecule has 1 aromatic carbocycles. The highest BCUT2D eigenvalue weighted by Gasteiger charge is 2.27. The summed E-state index contributed by atoms with van der Waals surface area (Å²) in [4.78, 5) is 30.4. The van der Waals surface area contributed by atoms with E-state index in [-0.39, 0.29) is 17.5 Å². The lowest BCUT2D eigenvalue weighted by Crippen LogP contribution is -2.37. The number of hydrogen-bond acceptors (Lipinski definition) is 5. The molecule has 8 heteroatoms. The smallest absolute Gasteiger partial charge is 0.284 e. The van der Waals surface area contributed by atoms with Crippen molar-refractivity contribution in [2.45, 2.75) is 64.2 Å². The van der Waals surface area contributed by atoms with Crippen molar-refractivity contribution < 1.29 is 4.79 Å². The Balaban J connectivity index is 1.71. The van der Waals surface area contributed by atoms with Gasteiger partial charge in [-0.3, -0.25) is 9.59 Å². The third kappa shape index (κ3) is 4.54. The summed E-state index contributed by atoms with van der Waals surface area (Å²) in [5.41, 5.74) is 2.20. The standard InChI is InChI=1S/C23H29N5O2S/c1-15(2)16(3)24-19(29)14-31-23-25-21-20(18-12-8-5-9-13-27(18)23)22(30)28(26-21)17-10-6-4-7-11-17/h4,6-7,10-11,15-16H,5,8-9,12-14H2,1-3H3,(H,24,29)/t16-/m1/s1. The molecule has 0 bridgehead atoms. The van der Waals surface area contributed by atoms with Crippen molar-refractivity contribution >= 4 is 17.7 Å². The minimum absolute atomic E-state index is 0.00426. The van der Waals surface area contributed by atoms with E-state index in [0.717, 1.165) is 48.8 Å². The van der Waals surface area contributed by atoms with Crippen molar-refractivity contribution in [3.8, 4) is 17.1 Å². The number of rotatable bonds is 6. The number of fused-ring (bicyclic) bond motifs is 3. The monoisotopic (exact) mass is 439 g/mol. The topological polar surface area (TPSA) is 81.8 Å². The van der Waals surface area contributed by atoms with Gasteiger partial charge in [-0.15, -0.1) is 5.10 Å². The Morgan fingerprint density at radius 3 is 2.68 bits per heavy atom. The molecule has 1 N–H and O–H groups in total. The zero-order valence-corrected chi connectivity index (χ0v) is 19.1. The zero-order chi connectivity index (χ0) is 22.0. The number of carbonyl (C=O) groups excluding carboxylic acids is 1. The SMILES string of the molecule is CC(C)[C@@H](C)NC(=O)CSc1nc2nn(-c3ccccc3)c(=O)c-2c2n1CCCCC2. The lowest BCUT2D eigenvalue weighted by molar-refractivity contribution is -0.119. The van der Waals surface area contributed by atoms with Crippen LogP contribution in [0.15, 0.2) is 40.3 Å². The van der Waals surface area contributed by atoms with Gasteiger partial charge in [0.1, 0.15) is 5.56 Å². The summed E-state index contributed by atoms with van der Waals surface area (Å²) in [6.45, 7) is 7.00. The number of nitrogens with zero attached hydrogens (tertiary/aromatic N) is 4. The quantitative estimate of drug-likeness (QED) is 0.469. The molecule has 0 aliphatic carbocycles. The number of carbonyl (C=O) groups is 1. The molecular weight excluding hydrogens is 410 g/mol. The van der Waals surface area contributed by atoms with Crippen LogP contribution in [0.25, 0.3) is 17.1 Å². The van der Waals surface area contributed by atoms with Crippen LogP contribution in [0.4, 0.5) is 0 Å². The molecule has 164 valence electrons. The molecule has 4 rings (SSSR count).